The van der Waals surface area contributed by atoms with E-state index in [1.807, 2.05) is 39.1 Å². The van der Waals surface area contributed by atoms with Crippen molar-refractivity contribution < 1.29 is 9.32 Å². The first kappa shape index (κ1) is 16.6. The molecule has 1 aliphatic rings. The molecular formula is C19H25N3O2. The molecule has 0 spiro atoms. The van der Waals surface area contributed by atoms with E-state index < -0.39 is 0 Å². The number of aromatic nitrogens is 1. The minimum atomic E-state index is -0.0595. The molecule has 1 aromatic carbocycles. The van der Waals surface area contributed by atoms with Gasteiger partial charge in [0.05, 0.1) is 18.3 Å². The number of urea groups is 1. The smallest absolute Gasteiger partial charge is 0.317 e. The van der Waals surface area contributed by atoms with Gasteiger partial charge in [-0.2, -0.15) is 0 Å². The average Bonchev–Trinajstić information content (AvgIpc) is 2.85. The molecule has 1 aliphatic carbocycles. The van der Waals surface area contributed by atoms with Crippen molar-refractivity contribution in [2.45, 2.75) is 45.7 Å². The fourth-order valence-electron chi connectivity index (χ4n) is 3.19. The van der Waals surface area contributed by atoms with E-state index in [0.29, 0.717) is 12.5 Å². The first-order valence-corrected chi connectivity index (χ1v) is 8.54. The van der Waals surface area contributed by atoms with Crippen LogP contribution in [0.2, 0.25) is 0 Å². The van der Waals surface area contributed by atoms with Gasteiger partial charge in [-0.15, -0.1) is 0 Å². The molecule has 1 heterocycles. The molecule has 1 fully saturated rings. The number of benzene rings is 1. The van der Waals surface area contributed by atoms with Crippen LogP contribution in [0.5, 0.6) is 0 Å². The zero-order valence-electron chi connectivity index (χ0n) is 14.6. The molecule has 2 aromatic rings. The molecule has 5 nitrogen and oxygen atoms in total. The van der Waals surface area contributed by atoms with Crippen molar-refractivity contribution in [3.63, 3.8) is 0 Å². The van der Waals surface area contributed by atoms with Gasteiger partial charge in [-0.25, -0.2) is 4.79 Å². The standard InChI is InChI=1S/C19H25N3O2/c1-13-17(14(2)24-21-13)12-22(3)19(23)20-18(16-10-7-11-16)15-8-5-4-6-9-15/h4-6,8-9,16,18H,7,10-12H2,1-3H3,(H,20,23). The van der Waals surface area contributed by atoms with Crippen LogP contribution in [-0.4, -0.2) is 23.1 Å². The lowest BCUT2D eigenvalue weighted by Crippen LogP contribution is -2.42. The summed E-state index contributed by atoms with van der Waals surface area (Å²) in [6, 6.07) is 10.3. The van der Waals surface area contributed by atoms with Crippen LogP contribution in [-0.2, 0) is 6.54 Å². The largest absolute Gasteiger partial charge is 0.361 e. The molecule has 3 rings (SSSR count). The number of carbonyl (C=O) groups excluding carboxylic acids is 1. The zero-order valence-corrected chi connectivity index (χ0v) is 14.6. The SMILES string of the molecule is Cc1noc(C)c1CN(C)C(=O)NC(c1ccccc1)C1CCC1. The highest BCUT2D eigenvalue weighted by Gasteiger charge is 2.30. The lowest BCUT2D eigenvalue weighted by molar-refractivity contribution is 0.182. The predicted octanol–water partition coefficient (Wildman–Crippen LogP) is 3.97. The number of amides is 2. The minimum Gasteiger partial charge on any atom is -0.361 e. The maximum absolute atomic E-state index is 12.7. The lowest BCUT2D eigenvalue weighted by Gasteiger charge is -2.35. The van der Waals surface area contributed by atoms with Gasteiger partial charge >= 0.3 is 6.03 Å². The summed E-state index contributed by atoms with van der Waals surface area (Å²) in [6.45, 7) is 4.28. The third-order valence-corrected chi connectivity index (χ3v) is 4.98. The van der Waals surface area contributed by atoms with Crippen LogP contribution in [0.3, 0.4) is 0 Å². The van der Waals surface area contributed by atoms with Crippen LogP contribution < -0.4 is 5.32 Å². The quantitative estimate of drug-likeness (QED) is 0.904. The maximum atomic E-state index is 12.7. The minimum absolute atomic E-state index is 0.0595. The van der Waals surface area contributed by atoms with Crippen molar-refractivity contribution in [3.8, 4) is 0 Å². The number of rotatable bonds is 5. The molecule has 0 aliphatic heterocycles. The molecule has 128 valence electrons. The van der Waals surface area contributed by atoms with Gasteiger partial charge in [-0.3, -0.25) is 0 Å². The number of carbonyl (C=O) groups is 1. The van der Waals surface area contributed by atoms with Gasteiger partial charge < -0.3 is 14.7 Å². The Balaban J connectivity index is 1.69. The topological polar surface area (TPSA) is 58.4 Å². The van der Waals surface area contributed by atoms with E-state index in [1.54, 1.807) is 4.90 Å². The van der Waals surface area contributed by atoms with Crippen molar-refractivity contribution in [1.82, 2.24) is 15.4 Å². The summed E-state index contributed by atoms with van der Waals surface area (Å²) in [7, 11) is 1.81. The summed E-state index contributed by atoms with van der Waals surface area (Å²) in [6.07, 6.45) is 3.60. The molecule has 1 N–H and O–H groups in total. The third kappa shape index (κ3) is 3.45. The molecular weight excluding hydrogens is 302 g/mol. The summed E-state index contributed by atoms with van der Waals surface area (Å²) >= 11 is 0. The highest BCUT2D eigenvalue weighted by molar-refractivity contribution is 5.74. The summed E-state index contributed by atoms with van der Waals surface area (Å²) in [4.78, 5) is 14.4. The maximum Gasteiger partial charge on any atom is 0.317 e. The molecule has 1 unspecified atom stereocenters. The molecule has 0 bridgehead atoms. The van der Waals surface area contributed by atoms with Crippen molar-refractivity contribution in [1.29, 1.82) is 0 Å². The van der Waals surface area contributed by atoms with Crippen LogP contribution >= 0.6 is 0 Å². The van der Waals surface area contributed by atoms with E-state index in [9.17, 15) is 4.79 Å². The summed E-state index contributed by atoms with van der Waals surface area (Å²) < 4.78 is 5.18. The fourth-order valence-corrected chi connectivity index (χ4v) is 3.19. The Morgan fingerprint density at radius 2 is 2.04 bits per heavy atom. The van der Waals surface area contributed by atoms with Gasteiger partial charge in [0.25, 0.3) is 0 Å². The van der Waals surface area contributed by atoms with Crippen molar-refractivity contribution in [3.05, 3.63) is 52.9 Å². The molecule has 0 radical (unpaired) electrons. The van der Waals surface area contributed by atoms with Crippen LogP contribution in [0.1, 0.15) is 47.9 Å². The molecule has 0 saturated heterocycles. The Labute approximate surface area is 143 Å². The second-order valence-electron chi connectivity index (χ2n) is 6.69. The second-order valence-corrected chi connectivity index (χ2v) is 6.69. The van der Waals surface area contributed by atoms with Gasteiger partial charge in [-0.05, 0) is 38.2 Å². The Bertz CT molecular complexity index is 672. The molecule has 2 amide bonds. The third-order valence-electron chi connectivity index (χ3n) is 4.98. The molecule has 1 atom stereocenters. The second kappa shape index (κ2) is 7.07. The van der Waals surface area contributed by atoms with Crippen LogP contribution in [0.15, 0.2) is 34.9 Å². The summed E-state index contributed by atoms with van der Waals surface area (Å²) in [5, 5.41) is 7.18. The highest BCUT2D eigenvalue weighted by Crippen LogP contribution is 2.37. The van der Waals surface area contributed by atoms with E-state index in [0.717, 1.165) is 17.0 Å². The van der Waals surface area contributed by atoms with Gasteiger partial charge in [0.1, 0.15) is 5.76 Å². The molecule has 24 heavy (non-hydrogen) atoms. The Morgan fingerprint density at radius 1 is 1.33 bits per heavy atom. The number of nitrogens with zero attached hydrogens (tertiary/aromatic N) is 2. The van der Waals surface area contributed by atoms with Gasteiger partial charge in [0, 0.05) is 12.6 Å². The zero-order chi connectivity index (χ0) is 17.1. The highest BCUT2D eigenvalue weighted by atomic mass is 16.5. The first-order chi connectivity index (χ1) is 11.6. The normalized spacial score (nSPS) is 15.6. The fraction of sp³-hybridized carbons (Fsp3) is 0.474. The van der Waals surface area contributed by atoms with E-state index in [2.05, 4.69) is 22.6 Å². The summed E-state index contributed by atoms with van der Waals surface area (Å²) in [5.74, 6) is 1.30. The van der Waals surface area contributed by atoms with E-state index in [1.165, 1.54) is 24.8 Å². The number of hydrogen-bond acceptors (Lipinski definition) is 3. The van der Waals surface area contributed by atoms with Crippen LogP contribution in [0.4, 0.5) is 4.79 Å². The summed E-state index contributed by atoms with van der Waals surface area (Å²) in [5.41, 5.74) is 3.00. The van der Waals surface area contributed by atoms with Gasteiger partial charge in [0.15, 0.2) is 0 Å². The van der Waals surface area contributed by atoms with E-state index >= 15 is 0 Å². The van der Waals surface area contributed by atoms with E-state index in [4.69, 9.17) is 4.52 Å². The first-order valence-electron chi connectivity index (χ1n) is 8.54. The predicted molar refractivity (Wildman–Crippen MR) is 92.5 cm³/mol. The van der Waals surface area contributed by atoms with Crippen molar-refractivity contribution >= 4 is 6.03 Å². The Kier molecular flexibility index (Phi) is 4.88. The Hall–Kier alpha value is -2.30. The van der Waals surface area contributed by atoms with Crippen LogP contribution in [0.25, 0.3) is 0 Å². The number of nitrogens with one attached hydrogen (secondary N) is 1. The van der Waals surface area contributed by atoms with Gasteiger partial charge in [-0.1, -0.05) is 41.9 Å². The van der Waals surface area contributed by atoms with Crippen molar-refractivity contribution in [2.75, 3.05) is 7.05 Å². The molecule has 1 saturated carbocycles. The molecule has 5 heteroatoms. The monoisotopic (exact) mass is 327 g/mol. The van der Waals surface area contributed by atoms with Gasteiger partial charge in [0.2, 0.25) is 0 Å². The van der Waals surface area contributed by atoms with Crippen molar-refractivity contribution in [2.24, 2.45) is 5.92 Å². The van der Waals surface area contributed by atoms with Crippen LogP contribution in [0, 0.1) is 19.8 Å². The number of hydrogen-bond donors (Lipinski definition) is 1. The number of aryl methyl sites for hydroxylation is 2. The van der Waals surface area contributed by atoms with E-state index in [-0.39, 0.29) is 12.1 Å². The average molecular weight is 327 g/mol. The Morgan fingerprint density at radius 3 is 2.58 bits per heavy atom. The lowest BCUT2D eigenvalue weighted by atomic mass is 9.77. The molecule has 1 aromatic heterocycles.